The molecular weight excluding hydrogens is 190 g/mol. The zero-order chi connectivity index (χ0) is 11.4. The molecule has 0 aliphatic carbocycles. The second kappa shape index (κ2) is 4.82. The Labute approximate surface area is 90.1 Å². The van der Waals surface area contributed by atoms with E-state index in [0.29, 0.717) is 5.92 Å². The van der Waals surface area contributed by atoms with Crippen LogP contribution in [-0.2, 0) is 6.42 Å². The molecule has 15 heavy (non-hydrogen) atoms. The molecule has 0 heterocycles. The number of carbonyl (C=O) groups is 1. The van der Waals surface area contributed by atoms with Crippen LogP contribution in [0.3, 0.4) is 0 Å². The Bertz CT molecular complexity index is 359. The van der Waals surface area contributed by atoms with Crippen LogP contribution in [0.2, 0.25) is 0 Å². The van der Waals surface area contributed by atoms with Crippen molar-refractivity contribution in [3.8, 4) is 0 Å². The molecule has 82 valence electrons. The molecule has 0 atom stereocenters. The smallest absolute Gasteiger partial charge is 0.409 e. The van der Waals surface area contributed by atoms with Gasteiger partial charge in [-0.25, -0.2) is 4.79 Å². The first kappa shape index (κ1) is 11.6. The molecule has 0 aromatic heterocycles. The number of hydrogen-bond acceptors (Lipinski definition) is 1. The average molecular weight is 207 g/mol. The Morgan fingerprint density at radius 1 is 1.47 bits per heavy atom. The van der Waals surface area contributed by atoms with Gasteiger partial charge in [-0.2, -0.15) is 0 Å². The third kappa shape index (κ3) is 2.72. The lowest BCUT2D eigenvalue weighted by atomic mass is 9.97. The molecule has 1 amide bonds. The van der Waals surface area contributed by atoms with Gasteiger partial charge in [0.2, 0.25) is 0 Å². The summed E-state index contributed by atoms with van der Waals surface area (Å²) in [5.41, 5.74) is 2.85. The highest BCUT2D eigenvalue weighted by Gasteiger charge is 2.11. The molecule has 0 unspecified atom stereocenters. The van der Waals surface area contributed by atoms with Crippen molar-refractivity contribution in [2.45, 2.75) is 33.1 Å². The molecule has 0 saturated carbocycles. The average Bonchev–Trinajstić information content (AvgIpc) is 2.16. The first-order valence-corrected chi connectivity index (χ1v) is 5.18. The molecule has 0 fully saturated rings. The summed E-state index contributed by atoms with van der Waals surface area (Å²) >= 11 is 0. The number of carboxylic acid groups (broad SMARTS) is 1. The molecule has 0 saturated heterocycles. The third-order valence-corrected chi connectivity index (χ3v) is 2.42. The molecule has 1 aromatic carbocycles. The van der Waals surface area contributed by atoms with Gasteiger partial charge in [0.1, 0.15) is 0 Å². The Balaban J connectivity index is 3.20. The van der Waals surface area contributed by atoms with Crippen LogP contribution < -0.4 is 5.32 Å². The third-order valence-electron chi connectivity index (χ3n) is 2.42. The normalized spacial score (nSPS) is 10.4. The van der Waals surface area contributed by atoms with E-state index in [1.165, 1.54) is 0 Å². The quantitative estimate of drug-likeness (QED) is 0.797. The number of benzene rings is 1. The Hall–Kier alpha value is -1.51. The van der Waals surface area contributed by atoms with E-state index in [2.05, 4.69) is 19.2 Å². The highest BCUT2D eigenvalue weighted by Crippen LogP contribution is 2.28. The number of hydrogen-bond donors (Lipinski definition) is 2. The second-order valence-corrected chi connectivity index (χ2v) is 3.82. The van der Waals surface area contributed by atoms with Crippen molar-refractivity contribution in [1.82, 2.24) is 0 Å². The summed E-state index contributed by atoms with van der Waals surface area (Å²) in [7, 11) is 0. The lowest BCUT2D eigenvalue weighted by Crippen LogP contribution is -2.12. The largest absolute Gasteiger partial charge is 0.465 e. The summed E-state index contributed by atoms with van der Waals surface area (Å²) in [5.74, 6) is 0.318. The van der Waals surface area contributed by atoms with E-state index in [1.54, 1.807) is 0 Å². The van der Waals surface area contributed by atoms with Gasteiger partial charge in [0.05, 0.1) is 5.69 Å². The fourth-order valence-corrected chi connectivity index (χ4v) is 1.66. The van der Waals surface area contributed by atoms with Crippen LogP contribution in [0.1, 0.15) is 37.8 Å². The van der Waals surface area contributed by atoms with Gasteiger partial charge < -0.3 is 5.11 Å². The zero-order valence-electron chi connectivity index (χ0n) is 9.37. The minimum Gasteiger partial charge on any atom is -0.465 e. The predicted octanol–water partition coefficient (Wildman–Crippen LogP) is 3.46. The van der Waals surface area contributed by atoms with E-state index in [4.69, 9.17) is 5.11 Å². The van der Waals surface area contributed by atoms with Gasteiger partial charge in [-0.05, 0) is 23.5 Å². The molecule has 0 spiro atoms. The van der Waals surface area contributed by atoms with Crippen LogP contribution in [0.25, 0.3) is 0 Å². The van der Waals surface area contributed by atoms with Gasteiger partial charge in [0.15, 0.2) is 0 Å². The molecule has 0 aliphatic rings. The molecule has 2 N–H and O–H groups in total. The van der Waals surface area contributed by atoms with Crippen molar-refractivity contribution in [2.24, 2.45) is 0 Å². The Kier molecular flexibility index (Phi) is 3.72. The summed E-state index contributed by atoms with van der Waals surface area (Å²) in [5, 5.41) is 11.3. The summed E-state index contributed by atoms with van der Waals surface area (Å²) in [4.78, 5) is 10.7. The van der Waals surface area contributed by atoms with Crippen molar-refractivity contribution in [2.75, 3.05) is 5.32 Å². The summed E-state index contributed by atoms with van der Waals surface area (Å²) in [6.07, 6.45) is -0.172. The predicted molar refractivity (Wildman–Crippen MR) is 61.6 cm³/mol. The van der Waals surface area contributed by atoms with E-state index in [9.17, 15) is 4.79 Å². The fraction of sp³-hybridized carbons (Fsp3) is 0.417. The van der Waals surface area contributed by atoms with E-state index in [-0.39, 0.29) is 0 Å². The number of anilines is 1. The minimum atomic E-state index is -1.00. The van der Waals surface area contributed by atoms with Crippen LogP contribution >= 0.6 is 0 Å². The molecule has 0 aliphatic heterocycles. The molecule has 3 heteroatoms. The Morgan fingerprint density at radius 3 is 2.60 bits per heavy atom. The lowest BCUT2D eigenvalue weighted by Gasteiger charge is -2.15. The van der Waals surface area contributed by atoms with E-state index in [0.717, 1.165) is 23.2 Å². The van der Waals surface area contributed by atoms with Gasteiger partial charge in [-0.15, -0.1) is 0 Å². The lowest BCUT2D eigenvalue weighted by molar-refractivity contribution is 0.209. The van der Waals surface area contributed by atoms with Gasteiger partial charge >= 0.3 is 6.09 Å². The first-order chi connectivity index (χ1) is 7.06. The standard InChI is InChI=1S/C12H17NO2/c1-4-9-6-5-7-10(8(2)3)11(9)13-12(14)15/h5-8,13H,4H2,1-3H3,(H,14,15). The molecule has 1 rings (SSSR count). The van der Waals surface area contributed by atoms with Crippen LogP contribution in [0.5, 0.6) is 0 Å². The summed E-state index contributed by atoms with van der Waals surface area (Å²) < 4.78 is 0. The second-order valence-electron chi connectivity index (χ2n) is 3.82. The van der Waals surface area contributed by atoms with Gasteiger partial charge in [0, 0.05) is 0 Å². The topological polar surface area (TPSA) is 49.3 Å². The van der Waals surface area contributed by atoms with Crippen molar-refractivity contribution in [3.05, 3.63) is 29.3 Å². The fourth-order valence-electron chi connectivity index (χ4n) is 1.66. The number of para-hydroxylation sites is 1. The molecule has 0 radical (unpaired) electrons. The number of amides is 1. The van der Waals surface area contributed by atoms with Crippen LogP contribution in [0.15, 0.2) is 18.2 Å². The minimum absolute atomic E-state index is 0.318. The number of rotatable bonds is 3. The van der Waals surface area contributed by atoms with Crippen molar-refractivity contribution < 1.29 is 9.90 Å². The van der Waals surface area contributed by atoms with E-state index < -0.39 is 6.09 Å². The number of nitrogens with one attached hydrogen (secondary N) is 1. The van der Waals surface area contributed by atoms with Crippen LogP contribution in [-0.4, -0.2) is 11.2 Å². The Morgan fingerprint density at radius 2 is 2.13 bits per heavy atom. The van der Waals surface area contributed by atoms with Crippen molar-refractivity contribution in [1.29, 1.82) is 0 Å². The van der Waals surface area contributed by atoms with Crippen molar-refractivity contribution in [3.63, 3.8) is 0 Å². The molecule has 1 aromatic rings. The van der Waals surface area contributed by atoms with Gasteiger partial charge in [0.25, 0.3) is 0 Å². The van der Waals surface area contributed by atoms with E-state index >= 15 is 0 Å². The monoisotopic (exact) mass is 207 g/mol. The molecule has 0 bridgehead atoms. The number of aryl methyl sites for hydroxylation is 1. The zero-order valence-corrected chi connectivity index (χ0v) is 9.37. The van der Waals surface area contributed by atoms with Gasteiger partial charge in [-0.1, -0.05) is 39.0 Å². The van der Waals surface area contributed by atoms with Crippen molar-refractivity contribution >= 4 is 11.8 Å². The first-order valence-electron chi connectivity index (χ1n) is 5.18. The maximum absolute atomic E-state index is 10.7. The maximum Gasteiger partial charge on any atom is 0.409 e. The highest BCUT2D eigenvalue weighted by atomic mass is 16.4. The highest BCUT2D eigenvalue weighted by molar-refractivity contribution is 5.85. The van der Waals surface area contributed by atoms with Gasteiger partial charge in [-0.3, -0.25) is 5.32 Å². The van der Waals surface area contributed by atoms with Crippen LogP contribution in [0, 0.1) is 0 Å². The SMILES string of the molecule is CCc1cccc(C(C)C)c1NC(=O)O. The summed E-state index contributed by atoms with van der Waals surface area (Å²) in [6.45, 7) is 6.13. The maximum atomic E-state index is 10.7. The van der Waals surface area contributed by atoms with Crippen LogP contribution in [0.4, 0.5) is 10.5 Å². The molecule has 3 nitrogen and oxygen atoms in total. The molecular formula is C12H17NO2. The van der Waals surface area contributed by atoms with E-state index in [1.807, 2.05) is 25.1 Å². The summed E-state index contributed by atoms with van der Waals surface area (Å²) in [6, 6.07) is 5.90.